The molecular formula is C11H13Cl3NO-. The summed E-state index contributed by atoms with van der Waals surface area (Å²) < 4.78 is 5.21. The number of hydrogen-bond acceptors (Lipinski definition) is 2. The van der Waals surface area contributed by atoms with E-state index in [4.69, 9.17) is 27.9 Å². The molecule has 0 heterocycles. The molecule has 0 saturated carbocycles. The average molecular weight is 282 g/mol. The molecule has 1 rings (SSSR count). The third kappa shape index (κ3) is 4.22. The van der Waals surface area contributed by atoms with Crippen LogP contribution in [0.15, 0.2) is 24.8 Å². The van der Waals surface area contributed by atoms with E-state index >= 15 is 0 Å². The molecule has 2 nitrogen and oxygen atoms in total. The van der Waals surface area contributed by atoms with E-state index in [1.807, 2.05) is 6.07 Å². The van der Waals surface area contributed by atoms with Gasteiger partial charge in [0.05, 0.1) is 12.1 Å². The third-order valence-corrected chi connectivity index (χ3v) is 2.39. The fraction of sp³-hybridized carbons (Fsp3) is 0.273. The molecule has 0 aliphatic rings. The van der Waals surface area contributed by atoms with Crippen molar-refractivity contribution in [3.05, 3.63) is 40.4 Å². The van der Waals surface area contributed by atoms with Crippen LogP contribution in [0.4, 0.5) is 0 Å². The zero-order valence-electron chi connectivity index (χ0n) is 8.90. The van der Waals surface area contributed by atoms with Crippen molar-refractivity contribution >= 4 is 23.2 Å². The number of nitrogens with one attached hydrogen (secondary N) is 1. The Hall–Kier alpha value is -0.410. The van der Waals surface area contributed by atoms with E-state index < -0.39 is 0 Å². The monoisotopic (exact) mass is 280 g/mol. The van der Waals surface area contributed by atoms with Crippen LogP contribution in [-0.4, -0.2) is 13.7 Å². The van der Waals surface area contributed by atoms with Crippen LogP contribution in [0, 0.1) is 0 Å². The van der Waals surface area contributed by atoms with Gasteiger partial charge in [-0.25, -0.2) is 0 Å². The smallest absolute Gasteiger partial charge is 0.142 e. The standard InChI is InChI=1S/C11H13Cl2NO.ClH/c1-3-4-14-7-8-5-9(12)6-10(13)11(8)15-2;/h3,5-6,14H,1,4,7H2,2H3;1H/p-1. The SMILES string of the molecule is C=CCNCc1cc(Cl)cc(Cl)c1OC.[Cl-]. The molecule has 0 unspecified atom stereocenters. The van der Waals surface area contributed by atoms with Crippen LogP contribution in [0.1, 0.15) is 5.56 Å². The molecule has 1 N–H and O–H groups in total. The molecule has 5 heteroatoms. The Morgan fingerprint density at radius 3 is 2.69 bits per heavy atom. The summed E-state index contributed by atoms with van der Waals surface area (Å²) in [5.74, 6) is 0.664. The maximum atomic E-state index is 5.99. The van der Waals surface area contributed by atoms with Gasteiger partial charge < -0.3 is 22.5 Å². The van der Waals surface area contributed by atoms with Gasteiger partial charge in [0.15, 0.2) is 0 Å². The van der Waals surface area contributed by atoms with Gasteiger partial charge >= 0.3 is 0 Å². The molecule has 16 heavy (non-hydrogen) atoms. The molecule has 0 amide bonds. The first kappa shape index (κ1) is 15.6. The maximum absolute atomic E-state index is 5.99. The lowest BCUT2D eigenvalue weighted by molar-refractivity contribution is -0.00000320. The van der Waals surface area contributed by atoms with Crippen LogP contribution in [0.25, 0.3) is 0 Å². The Bertz CT molecular complexity index is 355. The first-order chi connectivity index (χ1) is 7.19. The maximum Gasteiger partial charge on any atom is 0.142 e. The number of methoxy groups -OCH3 is 1. The van der Waals surface area contributed by atoms with Gasteiger partial charge in [-0.2, -0.15) is 0 Å². The topological polar surface area (TPSA) is 21.3 Å². The van der Waals surface area contributed by atoms with Crippen molar-refractivity contribution in [2.24, 2.45) is 0 Å². The molecule has 0 radical (unpaired) electrons. The summed E-state index contributed by atoms with van der Waals surface area (Å²) in [5, 5.41) is 4.30. The highest BCUT2D eigenvalue weighted by Crippen LogP contribution is 2.31. The number of benzene rings is 1. The van der Waals surface area contributed by atoms with E-state index in [-0.39, 0.29) is 12.4 Å². The van der Waals surface area contributed by atoms with Crippen LogP contribution >= 0.6 is 23.2 Å². The second-order valence-electron chi connectivity index (χ2n) is 3.00. The minimum Gasteiger partial charge on any atom is -1.00 e. The molecule has 0 bridgehead atoms. The fourth-order valence-electron chi connectivity index (χ4n) is 1.28. The Morgan fingerprint density at radius 2 is 2.12 bits per heavy atom. The highest BCUT2D eigenvalue weighted by Gasteiger charge is 2.08. The summed E-state index contributed by atoms with van der Waals surface area (Å²) in [5.41, 5.74) is 0.942. The molecule has 0 aromatic heterocycles. The Kier molecular flexibility index (Phi) is 7.60. The highest BCUT2D eigenvalue weighted by atomic mass is 35.5. The molecule has 1 aromatic carbocycles. The molecule has 0 aliphatic heterocycles. The molecular weight excluding hydrogens is 268 g/mol. The van der Waals surface area contributed by atoms with Crippen molar-refractivity contribution in [3.63, 3.8) is 0 Å². The average Bonchev–Trinajstić information content (AvgIpc) is 2.17. The van der Waals surface area contributed by atoms with E-state index in [1.165, 1.54) is 0 Å². The van der Waals surface area contributed by atoms with Crippen molar-refractivity contribution < 1.29 is 17.1 Å². The minimum atomic E-state index is 0. The van der Waals surface area contributed by atoms with Gasteiger partial charge in [0, 0.05) is 23.7 Å². The van der Waals surface area contributed by atoms with Crippen LogP contribution in [0.5, 0.6) is 5.75 Å². The van der Waals surface area contributed by atoms with Crippen LogP contribution in [0.3, 0.4) is 0 Å². The summed E-state index contributed by atoms with van der Waals surface area (Å²) in [6.45, 7) is 5.00. The lowest BCUT2D eigenvalue weighted by Gasteiger charge is -2.11. The van der Waals surface area contributed by atoms with E-state index in [0.29, 0.717) is 22.3 Å². The second kappa shape index (κ2) is 7.80. The summed E-state index contributed by atoms with van der Waals surface area (Å²) in [6.07, 6.45) is 1.79. The molecule has 90 valence electrons. The zero-order valence-corrected chi connectivity index (χ0v) is 11.2. The summed E-state index contributed by atoms with van der Waals surface area (Å²) in [7, 11) is 1.59. The summed E-state index contributed by atoms with van der Waals surface area (Å²) >= 11 is 11.9. The van der Waals surface area contributed by atoms with Crippen molar-refractivity contribution in [2.75, 3.05) is 13.7 Å². The summed E-state index contributed by atoms with van der Waals surface area (Å²) in [6, 6.07) is 3.50. The first-order valence-corrected chi connectivity index (χ1v) is 5.28. The minimum absolute atomic E-state index is 0. The zero-order chi connectivity index (χ0) is 11.3. The Morgan fingerprint density at radius 1 is 1.44 bits per heavy atom. The molecule has 0 spiro atoms. The van der Waals surface area contributed by atoms with E-state index in [9.17, 15) is 0 Å². The number of halogens is 3. The van der Waals surface area contributed by atoms with Gasteiger partial charge in [0.1, 0.15) is 5.75 Å². The van der Waals surface area contributed by atoms with Gasteiger partial charge in [-0.1, -0.05) is 29.3 Å². The lowest BCUT2D eigenvalue weighted by Crippen LogP contribution is -3.00. The summed E-state index contributed by atoms with van der Waals surface area (Å²) in [4.78, 5) is 0. The van der Waals surface area contributed by atoms with Crippen molar-refractivity contribution in [2.45, 2.75) is 6.54 Å². The van der Waals surface area contributed by atoms with E-state index in [1.54, 1.807) is 19.3 Å². The first-order valence-electron chi connectivity index (χ1n) is 4.52. The van der Waals surface area contributed by atoms with Crippen LogP contribution in [-0.2, 0) is 6.54 Å². The second-order valence-corrected chi connectivity index (χ2v) is 3.84. The lowest BCUT2D eigenvalue weighted by atomic mass is 10.2. The van der Waals surface area contributed by atoms with Crippen molar-refractivity contribution in [1.29, 1.82) is 0 Å². The molecule has 0 atom stereocenters. The number of rotatable bonds is 5. The Labute approximate surface area is 112 Å². The van der Waals surface area contributed by atoms with Gasteiger partial charge in [-0.3, -0.25) is 0 Å². The molecule has 0 fully saturated rings. The van der Waals surface area contributed by atoms with Gasteiger partial charge in [-0.05, 0) is 12.1 Å². The van der Waals surface area contributed by atoms with Gasteiger partial charge in [-0.15, -0.1) is 6.58 Å². The van der Waals surface area contributed by atoms with E-state index in [0.717, 1.165) is 12.1 Å². The van der Waals surface area contributed by atoms with Crippen molar-refractivity contribution in [1.82, 2.24) is 5.32 Å². The third-order valence-electron chi connectivity index (χ3n) is 1.89. The highest BCUT2D eigenvalue weighted by molar-refractivity contribution is 6.35. The van der Waals surface area contributed by atoms with Crippen molar-refractivity contribution in [3.8, 4) is 5.75 Å². The number of ether oxygens (including phenoxy) is 1. The van der Waals surface area contributed by atoms with Gasteiger partial charge in [0.2, 0.25) is 0 Å². The number of hydrogen-bond donors (Lipinski definition) is 1. The van der Waals surface area contributed by atoms with Crippen LogP contribution < -0.4 is 22.5 Å². The largest absolute Gasteiger partial charge is 1.00 e. The fourth-order valence-corrected chi connectivity index (χ4v) is 1.90. The van der Waals surface area contributed by atoms with Crippen LogP contribution in [0.2, 0.25) is 10.0 Å². The molecule has 0 saturated heterocycles. The molecule has 0 aliphatic carbocycles. The normalized spacial score (nSPS) is 9.44. The predicted molar refractivity (Wildman–Crippen MR) is 64.9 cm³/mol. The molecule has 1 aromatic rings. The quantitative estimate of drug-likeness (QED) is 0.618. The Balaban J connectivity index is 0.00000225. The predicted octanol–water partition coefficient (Wildman–Crippen LogP) is 0.282. The van der Waals surface area contributed by atoms with Gasteiger partial charge in [0.25, 0.3) is 0 Å². The van der Waals surface area contributed by atoms with E-state index in [2.05, 4.69) is 11.9 Å².